The highest BCUT2D eigenvalue weighted by atomic mass is 35.5. The van der Waals surface area contributed by atoms with Crippen LogP contribution in [0, 0.1) is 5.92 Å². The van der Waals surface area contributed by atoms with E-state index in [4.69, 9.17) is 21.3 Å². The molecule has 1 heterocycles. The van der Waals surface area contributed by atoms with Crippen molar-refractivity contribution < 1.29 is 9.53 Å². The predicted octanol–water partition coefficient (Wildman–Crippen LogP) is 2.92. The van der Waals surface area contributed by atoms with E-state index in [1.807, 2.05) is 31.2 Å². The van der Waals surface area contributed by atoms with Gasteiger partial charge in [0.25, 0.3) is 0 Å². The number of aliphatic imine (C=N–C) groups is 1. The van der Waals surface area contributed by atoms with Crippen molar-refractivity contribution in [1.82, 2.24) is 15.5 Å². The number of nitrogens with zero attached hydrogens (tertiary/aromatic N) is 2. The van der Waals surface area contributed by atoms with Crippen LogP contribution in [0.15, 0.2) is 29.3 Å². The maximum absolute atomic E-state index is 11.6. The van der Waals surface area contributed by atoms with Gasteiger partial charge in [0, 0.05) is 38.1 Å². The van der Waals surface area contributed by atoms with Crippen molar-refractivity contribution >= 4 is 23.5 Å². The third-order valence-electron chi connectivity index (χ3n) is 4.63. The van der Waals surface area contributed by atoms with Crippen molar-refractivity contribution in [2.45, 2.75) is 39.2 Å². The zero-order valence-electron chi connectivity index (χ0n) is 16.5. The molecule has 1 aromatic rings. The summed E-state index contributed by atoms with van der Waals surface area (Å²) in [4.78, 5) is 18.6. The molecule has 0 aliphatic carbocycles. The molecular formula is C20H31ClN4O2. The van der Waals surface area contributed by atoms with Gasteiger partial charge >= 0.3 is 0 Å². The average molecular weight is 395 g/mol. The number of hydrogen-bond acceptors (Lipinski definition) is 3. The van der Waals surface area contributed by atoms with Crippen molar-refractivity contribution in [1.29, 1.82) is 0 Å². The molecule has 0 aromatic heterocycles. The summed E-state index contributed by atoms with van der Waals surface area (Å²) < 4.78 is 5.90. The number of carbonyl (C=O) groups excluding carboxylic acids is 1. The van der Waals surface area contributed by atoms with E-state index < -0.39 is 0 Å². The van der Waals surface area contributed by atoms with E-state index in [1.54, 1.807) is 7.05 Å². The summed E-state index contributed by atoms with van der Waals surface area (Å²) in [5.74, 6) is 2.25. The minimum Gasteiger partial charge on any atom is -0.489 e. The summed E-state index contributed by atoms with van der Waals surface area (Å²) in [6.07, 6.45) is 2.57. The summed E-state index contributed by atoms with van der Waals surface area (Å²) in [7, 11) is 1.69. The van der Waals surface area contributed by atoms with Crippen molar-refractivity contribution in [3.8, 4) is 5.75 Å². The Hall–Kier alpha value is -1.95. The lowest BCUT2D eigenvalue weighted by molar-refractivity contribution is -0.121. The minimum atomic E-state index is -0.0529. The lowest BCUT2D eigenvalue weighted by Gasteiger charge is -2.34. The van der Waals surface area contributed by atoms with E-state index in [-0.39, 0.29) is 12.0 Å². The van der Waals surface area contributed by atoms with Crippen LogP contribution in [0.4, 0.5) is 0 Å². The zero-order chi connectivity index (χ0) is 19.6. The third kappa shape index (κ3) is 7.29. The monoisotopic (exact) mass is 394 g/mol. The van der Waals surface area contributed by atoms with Crippen LogP contribution in [-0.4, -0.2) is 56.1 Å². The number of nitrogens with one attached hydrogen (secondary N) is 2. The normalized spacial score (nSPS) is 16.7. The highest BCUT2D eigenvalue weighted by Crippen LogP contribution is 2.21. The fraction of sp³-hybridized carbons (Fsp3) is 0.600. The molecule has 0 spiro atoms. The van der Waals surface area contributed by atoms with Crippen LogP contribution in [0.25, 0.3) is 0 Å². The van der Waals surface area contributed by atoms with Crippen molar-refractivity contribution in [2.24, 2.45) is 10.9 Å². The highest BCUT2D eigenvalue weighted by Gasteiger charge is 2.23. The van der Waals surface area contributed by atoms with Crippen LogP contribution in [0.5, 0.6) is 5.75 Å². The van der Waals surface area contributed by atoms with Gasteiger partial charge in [0.15, 0.2) is 5.96 Å². The first-order chi connectivity index (χ1) is 13.0. The Morgan fingerprint density at radius 2 is 2.15 bits per heavy atom. The van der Waals surface area contributed by atoms with E-state index in [0.717, 1.165) is 44.2 Å². The van der Waals surface area contributed by atoms with E-state index in [9.17, 15) is 4.79 Å². The molecule has 2 N–H and O–H groups in total. The molecule has 1 saturated heterocycles. The number of hydrogen-bond donors (Lipinski definition) is 2. The molecule has 0 bridgehead atoms. The number of guanidine groups is 1. The summed E-state index contributed by atoms with van der Waals surface area (Å²) in [5, 5.41) is 6.74. The molecule has 2 rings (SSSR count). The Labute approximate surface area is 167 Å². The Bertz CT molecular complexity index is 630. The second kappa shape index (κ2) is 11.0. The Kier molecular flexibility index (Phi) is 8.72. The number of ether oxygens (including phenoxy) is 1. The van der Waals surface area contributed by atoms with E-state index in [2.05, 4.69) is 22.5 Å². The molecule has 1 amide bonds. The van der Waals surface area contributed by atoms with Crippen LogP contribution >= 0.6 is 11.6 Å². The molecular weight excluding hydrogens is 364 g/mol. The number of piperidine rings is 1. The van der Waals surface area contributed by atoms with Crippen molar-refractivity contribution in [3.63, 3.8) is 0 Å². The molecule has 150 valence electrons. The first-order valence-electron chi connectivity index (χ1n) is 9.67. The third-order valence-corrected chi connectivity index (χ3v) is 4.87. The molecule has 1 fully saturated rings. The summed E-state index contributed by atoms with van der Waals surface area (Å²) in [5.41, 5.74) is 0. The lowest BCUT2D eigenvalue weighted by Crippen LogP contribution is -2.46. The largest absolute Gasteiger partial charge is 0.489 e. The molecule has 1 aromatic carbocycles. The Morgan fingerprint density at radius 1 is 1.41 bits per heavy atom. The van der Waals surface area contributed by atoms with E-state index in [1.165, 1.54) is 0 Å². The maximum atomic E-state index is 11.6. The molecule has 1 atom stereocenters. The van der Waals surface area contributed by atoms with E-state index in [0.29, 0.717) is 23.9 Å². The summed E-state index contributed by atoms with van der Waals surface area (Å²) >= 11 is 6.00. The fourth-order valence-electron chi connectivity index (χ4n) is 3.16. The van der Waals surface area contributed by atoms with Gasteiger partial charge in [-0.15, -0.1) is 0 Å². The number of rotatable bonds is 7. The fourth-order valence-corrected chi connectivity index (χ4v) is 3.34. The molecule has 1 aliphatic heterocycles. The first kappa shape index (κ1) is 21.4. The molecule has 1 unspecified atom stereocenters. The highest BCUT2D eigenvalue weighted by molar-refractivity contribution is 6.30. The smallest absolute Gasteiger partial charge is 0.220 e. The SMILES string of the molecule is CCNC(=NCC(C)Oc1cccc(Cl)c1)N1CCC(CC(=O)NC)CC1. The van der Waals surface area contributed by atoms with Crippen LogP contribution in [0.3, 0.4) is 0 Å². The van der Waals surface area contributed by atoms with Gasteiger partial charge < -0.3 is 20.3 Å². The molecule has 6 nitrogen and oxygen atoms in total. The number of carbonyl (C=O) groups is 1. The topological polar surface area (TPSA) is 66.0 Å². The van der Waals surface area contributed by atoms with Crippen LogP contribution in [0.2, 0.25) is 5.02 Å². The summed E-state index contributed by atoms with van der Waals surface area (Å²) in [6, 6.07) is 7.41. The van der Waals surface area contributed by atoms with Gasteiger partial charge in [-0.1, -0.05) is 17.7 Å². The average Bonchev–Trinajstić information content (AvgIpc) is 2.65. The van der Waals surface area contributed by atoms with Crippen LogP contribution in [0.1, 0.15) is 33.1 Å². The van der Waals surface area contributed by atoms with Crippen molar-refractivity contribution in [3.05, 3.63) is 29.3 Å². The van der Waals surface area contributed by atoms with Gasteiger partial charge in [-0.3, -0.25) is 4.79 Å². The Balaban J connectivity index is 1.87. The maximum Gasteiger partial charge on any atom is 0.220 e. The lowest BCUT2D eigenvalue weighted by atomic mass is 9.93. The van der Waals surface area contributed by atoms with Crippen LogP contribution in [-0.2, 0) is 4.79 Å². The van der Waals surface area contributed by atoms with Gasteiger partial charge in [-0.25, -0.2) is 4.99 Å². The first-order valence-corrected chi connectivity index (χ1v) is 10.1. The van der Waals surface area contributed by atoms with Crippen molar-refractivity contribution in [2.75, 3.05) is 33.2 Å². The molecule has 0 radical (unpaired) electrons. The number of halogens is 1. The number of likely N-dealkylation sites (tertiary alicyclic amines) is 1. The van der Waals surface area contributed by atoms with Gasteiger partial charge in [0.05, 0.1) is 6.54 Å². The second-order valence-corrected chi connectivity index (χ2v) is 7.32. The van der Waals surface area contributed by atoms with Gasteiger partial charge in [-0.05, 0) is 50.8 Å². The van der Waals surface area contributed by atoms with Crippen LogP contribution < -0.4 is 15.4 Å². The summed E-state index contributed by atoms with van der Waals surface area (Å²) in [6.45, 7) is 7.28. The molecule has 27 heavy (non-hydrogen) atoms. The van der Waals surface area contributed by atoms with Gasteiger partial charge in [0.2, 0.25) is 5.91 Å². The zero-order valence-corrected chi connectivity index (χ0v) is 17.3. The standard InChI is InChI=1S/C20H31ClN4O2/c1-4-23-20(25-10-8-16(9-11-25)12-19(26)22-3)24-14-15(2)27-18-7-5-6-17(21)13-18/h5-7,13,15-16H,4,8-12,14H2,1-3H3,(H,22,26)(H,23,24). The van der Waals surface area contributed by atoms with Gasteiger partial charge in [-0.2, -0.15) is 0 Å². The number of benzene rings is 1. The minimum absolute atomic E-state index is 0.0529. The molecule has 7 heteroatoms. The van der Waals surface area contributed by atoms with Gasteiger partial charge in [0.1, 0.15) is 11.9 Å². The molecule has 1 aliphatic rings. The number of amides is 1. The second-order valence-electron chi connectivity index (χ2n) is 6.89. The Morgan fingerprint density at radius 3 is 2.78 bits per heavy atom. The quantitative estimate of drug-likeness (QED) is 0.551. The van der Waals surface area contributed by atoms with E-state index >= 15 is 0 Å². The predicted molar refractivity (Wildman–Crippen MR) is 111 cm³/mol. The molecule has 0 saturated carbocycles.